The number of aromatic nitrogens is 1. The van der Waals surface area contributed by atoms with E-state index in [-0.39, 0.29) is 17.9 Å². The molecule has 1 aliphatic rings. The third-order valence-electron chi connectivity index (χ3n) is 4.53. The van der Waals surface area contributed by atoms with Gasteiger partial charge < -0.3 is 15.2 Å². The highest BCUT2D eigenvalue weighted by molar-refractivity contribution is 7.13. The summed E-state index contributed by atoms with van der Waals surface area (Å²) in [5.74, 6) is -1.43. The average molecular weight is 391 g/mol. The fourth-order valence-corrected chi connectivity index (χ4v) is 3.63. The highest BCUT2D eigenvalue weighted by Crippen LogP contribution is 2.30. The molecule has 1 aromatic carbocycles. The molecular formula is C17H17N3O6S. The zero-order valence-electron chi connectivity index (χ0n) is 14.2. The minimum Gasteiger partial charge on any atom is -0.481 e. The van der Waals surface area contributed by atoms with Crippen LogP contribution in [-0.4, -0.2) is 46.6 Å². The van der Waals surface area contributed by atoms with Gasteiger partial charge in [0.05, 0.1) is 10.3 Å². The molecule has 2 aromatic rings. The van der Waals surface area contributed by atoms with Gasteiger partial charge in [0.1, 0.15) is 10.7 Å². The molecule has 0 saturated carbocycles. The van der Waals surface area contributed by atoms with E-state index >= 15 is 0 Å². The number of nitrogens with one attached hydrogen (secondary N) is 1. The number of amides is 1. The number of carboxylic acid groups (broad SMARTS) is 1. The van der Waals surface area contributed by atoms with Crippen LogP contribution in [0, 0.1) is 15.5 Å². The highest BCUT2D eigenvalue weighted by Gasteiger charge is 2.40. The Morgan fingerprint density at radius 3 is 2.78 bits per heavy atom. The monoisotopic (exact) mass is 391 g/mol. The molecular weight excluding hydrogens is 374 g/mol. The van der Waals surface area contributed by atoms with Gasteiger partial charge in [-0.1, -0.05) is 12.1 Å². The van der Waals surface area contributed by atoms with Crippen LogP contribution < -0.4 is 5.32 Å². The minimum atomic E-state index is -1.03. The number of ether oxygens (including phenoxy) is 1. The van der Waals surface area contributed by atoms with E-state index in [0.29, 0.717) is 36.6 Å². The molecule has 0 aliphatic carbocycles. The molecule has 1 amide bonds. The SMILES string of the molecule is O=C(NCC1(C(=O)O)CCOCC1)c1csc(-c2cccc([N+](=O)[O-])c2)n1. The molecule has 0 radical (unpaired) electrons. The molecule has 1 aliphatic heterocycles. The number of hydrogen-bond donors (Lipinski definition) is 2. The van der Waals surface area contributed by atoms with E-state index in [1.807, 2.05) is 0 Å². The predicted molar refractivity (Wildman–Crippen MR) is 96.7 cm³/mol. The molecule has 9 nitrogen and oxygen atoms in total. The Morgan fingerprint density at radius 2 is 2.11 bits per heavy atom. The molecule has 0 unspecified atom stereocenters. The van der Waals surface area contributed by atoms with Gasteiger partial charge in [0.25, 0.3) is 11.6 Å². The number of non-ortho nitro benzene ring substituents is 1. The maximum atomic E-state index is 12.4. The van der Waals surface area contributed by atoms with Gasteiger partial charge in [-0.05, 0) is 12.8 Å². The third kappa shape index (κ3) is 4.12. The van der Waals surface area contributed by atoms with Crippen molar-refractivity contribution in [2.45, 2.75) is 12.8 Å². The van der Waals surface area contributed by atoms with Gasteiger partial charge >= 0.3 is 5.97 Å². The topological polar surface area (TPSA) is 132 Å². The second-order valence-corrected chi connectivity index (χ2v) is 7.08. The number of carboxylic acids is 1. The average Bonchev–Trinajstić information content (AvgIpc) is 3.17. The number of carbonyl (C=O) groups is 2. The van der Waals surface area contributed by atoms with Crippen LogP contribution in [0.25, 0.3) is 10.6 Å². The summed E-state index contributed by atoms with van der Waals surface area (Å²) in [4.78, 5) is 38.6. The Hall–Kier alpha value is -2.85. The van der Waals surface area contributed by atoms with Crippen molar-refractivity contribution in [3.63, 3.8) is 0 Å². The molecule has 0 spiro atoms. The smallest absolute Gasteiger partial charge is 0.311 e. The van der Waals surface area contributed by atoms with E-state index in [1.165, 1.54) is 23.5 Å². The van der Waals surface area contributed by atoms with E-state index in [1.54, 1.807) is 17.5 Å². The molecule has 1 saturated heterocycles. The fourth-order valence-electron chi connectivity index (χ4n) is 2.83. The third-order valence-corrected chi connectivity index (χ3v) is 5.42. The first-order valence-electron chi connectivity index (χ1n) is 8.21. The van der Waals surface area contributed by atoms with Crippen LogP contribution >= 0.6 is 11.3 Å². The van der Waals surface area contributed by atoms with Crippen molar-refractivity contribution in [3.8, 4) is 10.6 Å². The van der Waals surface area contributed by atoms with Crippen molar-refractivity contribution in [3.05, 3.63) is 45.5 Å². The zero-order chi connectivity index (χ0) is 19.4. The largest absolute Gasteiger partial charge is 0.481 e. The number of nitro benzene ring substituents is 1. The Morgan fingerprint density at radius 1 is 1.37 bits per heavy atom. The van der Waals surface area contributed by atoms with E-state index in [9.17, 15) is 24.8 Å². The van der Waals surface area contributed by atoms with Gasteiger partial charge in [0.2, 0.25) is 0 Å². The molecule has 0 atom stereocenters. The Balaban J connectivity index is 1.71. The summed E-state index contributed by atoms with van der Waals surface area (Å²) in [7, 11) is 0. The number of thiazole rings is 1. The summed E-state index contributed by atoms with van der Waals surface area (Å²) >= 11 is 1.19. The standard InChI is InChI=1S/C17H17N3O6S/c21-14(18-10-17(16(22)23)4-6-26-7-5-17)13-9-27-15(19-13)11-2-1-3-12(8-11)20(24)25/h1-3,8-9H,4-7,10H2,(H,18,21)(H,22,23). The lowest BCUT2D eigenvalue weighted by atomic mass is 9.80. The van der Waals surface area contributed by atoms with Crippen molar-refractivity contribution in [2.75, 3.05) is 19.8 Å². The second-order valence-electron chi connectivity index (χ2n) is 6.23. The summed E-state index contributed by atoms with van der Waals surface area (Å²) in [6, 6.07) is 6.00. The summed E-state index contributed by atoms with van der Waals surface area (Å²) in [5.41, 5.74) is -0.405. The first-order valence-corrected chi connectivity index (χ1v) is 9.09. The minimum absolute atomic E-state index is 0.00576. The van der Waals surface area contributed by atoms with E-state index in [4.69, 9.17) is 4.74 Å². The van der Waals surface area contributed by atoms with Gasteiger partial charge in [-0.15, -0.1) is 11.3 Å². The van der Waals surface area contributed by atoms with Crippen LogP contribution in [0.5, 0.6) is 0 Å². The first kappa shape index (κ1) is 18.9. The normalized spacial score (nSPS) is 15.9. The summed E-state index contributed by atoms with van der Waals surface area (Å²) in [6.07, 6.45) is 0.664. The molecule has 1 fully saturated rings. The molecule has 2 N–H and O–H groups in total. The lowest BCUT2D eigenvalue weighted by molar-refractivity contribution is -0.384. The van der Waals surface area contributed by atoms with E-state index in [2.05, 4.69) is 10.3 Å². The number of nitrogens with zero attached hydrogens (tertiary/aromatic N) is 2. The van der Waals surface area contributed by atoms with Crippen LogP contribution in [0.4, 0.5) is 5.69 Å². The molecule has 3 rings (SSSR count). The number of benzene rings is 1. The second kappa shape index (κ2) is 7.80. The molecule has 27 heavy (non-hydrogen) atoms. The lowest BCUT2D eigenvalue weighted by Gasteiger charge is -2.32. The maximum absolute atomic E-state index is 12.4. The van der Waals surface area contributed by atoms with Crippen LogP contribution in [0.3, 0.4) is 0 Å². The van der Waals surface area contributed by atoms with Crippen LogP contribution in [0.15, 0.2) is 29.6 Å². The molecule has 10 heteroatoms. The number of rotatable bonds is 6. The van der Waals surface area contributed by atoms with E-state index < -0.39 is 22.2 Å². The van der Waals surface area contributed by atoms with Crippen molar-refractivity contribution in [1.29, 1.82) is 0 Å². The van der Waals surface area contributed by atoms with E-state index in [0.717, 1.165) is 0 Å². The molecule has 1 aromatic heterocycles. The van der Waals surface area contributed by atoms with Crippen LogP contribution in [-0.2, 0) is 9.53 Å². The molecule has 142 valence electrons. The van der Waals surface area contributed by atoms with Crippen molar-refractivity contribution in [2.24, 2.45) is 5.41 Å². The van der Waals surface area contributed by atoms with Crippen molar-refractivity contribution >= 4 is 28.9 Å². The summed E-state index contributed by atoms with van der Waals surface area (Å²) < 4.78 is 5.21. The Bertz CT molecular complexity index is 875. The van der Waals surface area contributed by atoms with Gasteiger partial charge in [-0.2, -0.15) is 0 Å². The van der Waals surface area contributed by atoms with Gasteiger partial charge in [0, 0.05) is 42.8 Å². The maximum Gasteiger partial charge on any atom is 0.311 e. The predicted octanol–water partition coefficient (Wildman–Crippen LogP) is 2.33. The van der Waals surface area contributed by atoms with Crippen LogP contribution in [0.2, 0.25) is 0 Å². The fraction of sp³-hybridized carbons (Fsp3) is 0.353. The van der Waals surface area contributed by atoms with Crippen LogP contribution in [0.1, 0.15) is 23.3 Å². The first-order chi connectivity index (χ1) is 12.9. The van der Waals surface area contributed by atoms with Crippen molar-refractivity contribution < 1.29 is 24.4 Å². The zero-order valence-corrected chi connectivity index (χ0v) is 15.0. The summed E-state index contributed by atoms with van der Waals surface area (Å²) in [5, 5.41) is 25.1. The Kier molecular flexibility index (Phi) is 5.47. The highest BCUT2D eigenvalue weighted by atomic mass is 32.1. The van der Waals surface area contributed by atoms with Gasteiger partial charge in [-0.25, -0.2) is 4.98 Å². The summed E-state index contributed by atoms with van der Waals surface area (Å²) in [6.45, 7) is 0.680. The van der Waals surface area contributed by atoms with Gasteiger partial charge in [-0.3, -0.25) is 19.7 Å². The number of carbonyl (C=O) groups excluding carboxylic acids is 1. The molecule has 2 heterocycles. The number of nitro groups is 1. The number of hydrogen-bond acceptors (Lipinski definition) is 7. The lowest BCUT2D eigenvalue weighted by Crippen LogP contribution is -2.46. The molecule has 0 bridgehead atoms. The quantitative estimate of drug-likeness (QED) is 0.570. The van der Waals surface area contributed by atoms with Gasteiger partial charge in [0.15, 0.2) is 0 Å². The van der Waals surface area contributed by atoms with Crippen molar-refractivity contribution in [1.82, 2.24) is 10.3 Å². The Labute approximate surface area is 158 Å². The number of aliphatic carboxylic acids is 1.